The fourth-order valence-corrected chi connectivity index (χ4v) is 12.2. The number of ether oxygens (including phenoxy) is 4. The minimum Gasteiger partial charge on any atom is -0.456 e. The van der Waals surface area contributed by atoms with Gasteiger partial charge in [0.25, 0.3) is 5.79 Å². The molecule has 2 fully saturated rings. The van der Waals surface area contributed by atoms with Gasteiger partial charge in [-0.2, -0.15) is 0 Å². The maximum Gasteiger partial charge on any atom is 0.340 e. The van der Waals surface area contributed by atoms with Crippen LogP contribution < -0.4 is 30.5 Å². The predicted molar refractivity (Wildman–Crippen MR) is 270 cm³/mol. The fourth-order valence-electron chi connectivity index (χ4n) is 10.2. The number of nitrogens with one attached hydrogen (secondary N) is 3. The zero-order valence-corrected chi connectivity index (χ0v) is 42.2. The summed E-state index contributed by atoms with van der Waals surface area (Å²) in [5, 5.41) is 21.7. The van der Waals surface area contributed by atoms with Crippen molar-refractivity contribution in [1.29, 1.82) is 0 Å². The minimum absolute atomic E-state index is 0.188. The van der Waals surface area contributed by atoms with Gasteiger partial charge in [0.15, 0.2) is 10.7 Å². The number of hydrogen-bond acceptors (Lipinski definition) is 13. The molecule has 14 nitrogen and oxygen atoms in total. The zero-order chi connectivity index (χ0) is 48.5. The number of carbonyl (C=O) groups is 4. The first-order chi connectivity index (χ1) is 32.9. The van der Waals surface area contributed by atoms with Crippen molar-refractivity contribution in [3.63, 3.8) is 0 Å². The van der Waals surface area contributed by atoms with E-state index in [9.17, 15) is 24.3 Å². The van der Waals surface area contributed by atoms with Crippen LogP contribution in [0, 0.1) is 18.8 Å². The number of aliphatic hydroxyl groups is 1. The number of amides is 1. The molecule has 5 aliphatic rings. The Balaban J connectivity index is 0.799. The molecule has 4 N–H and O–H groups in total. The van der Waals surface area contributed by atoms with E-state index in [4.69, 9.17) is 31.2 Å². The number of fused-ring (bicyclic) bond motifs is 8. The van der Waals surface area contributed by atoms with Gasteiger partial charge >= 0.3 is 11.9 Å². The number of benzene rings is 5. The summed E-state index contributed by atoms with van der Waals surface area (Å²) in [5.41, 5.74) is 3.55. The Bertz CT molecular complexity index is 3190. The van der Waals surface area contributed by atoms with E-state index >= 15 is 0 Å². The van der Waals surface area contributed by atoms with Gasteiger partial charge in [-0.1, -0.05) is 24.3 Å². The van der Waals surface area contributed by atoms with E-state index in [0.29, 0.717) is 55.7 Å². The van der Waals surface area contributed by atoms with Crippen LogP contribution in [0.15, 0.2) is 112 Å². The second-order valence-corrected chi connectivity index (χ2v) is 21.4. The van der Waals surface area contributed by atoms with Crippen molar-refractivity contribution < 1.29 is 43.2 Å². The molecule has 2 saturated heterocycles. The van der Waals surface area contributed by atoms with Gasteiger partial charge in [0.2, 0.25) is 17.3 Å². The molecule has 6 aromatic rings. The maximum atomic E-state index is 14.4. The predicted octanol–water partition coefficient (Wildman–Crippen LogP) is 9.05. The number of thiophene rings is 1. The van der Waals surface area contributed by atoms with E-state index in [0.717, 1.165) is 48.8 Å². The molecule has 18 heteroatoms. The molecule has 0 radical (unpaired) electrons. The lowest BCUT2D eigenvalue weighted by molar-refractivity contribution is -0.251. The average molecular weight is 1090 g/mol. The van der Waals surface area contributed by atoms with Gasteiger partial charge < -0.3 is 49.8 Å². The van der Waals surface area contributed by atoms with Crippen molar-refractivity contribution in [3.8, 4) is 11.5 Å². The summed E-state index contributed by atoms with van der Waals surface area (Å²) in [6, 6.07) is 31.2. The van der Waals surface area contributed by atoms with Crippen molar-refractivity contribution in [2.45, 2.75) is 36.6 Å². The number of anilines is 4. The Labute approximate surface area is 422 Å². The fraction of sp³-hybridized carbons (Fsp3) is 0.235. The lowest BCUT2D eigenvalue weighted by Gasteiger charge is -2.37. The number of carbonyl (C=O) groups excluding carboxylic acids is 4. The van der Waals surface area contributed by atoms with Crippen LogP contribution in [0.4, 0.5) is 22.7 Å². The molecule has 1 aliphatic carbocycles. The Morgan fingerprint density at radius 3 is 2.07 bits per heavy atom. The molecular formula is C51H41Br2N5O9S2. The number of hydrogen-bond donors (Lipinski definition) is 4. The highest BCUT2D eigenvalue weighted by molar-refractivity contribution is 9.13. The quantitative estimate of drug-likeness (QED) is 0.0842. The van der Waals surface area contributed by atoms with Gasteiger partial charge in [-0.15, -0.1) is 11.3 Å². The molecule has 2 spiro atoms. The molecule has 1 aromatic heterocycles. The van der Waals surface area contributed by atoms with Crippen LogP contribution in [0.25, 0.3) is 0 Å². The third kappa shape index (κ3) is 6.77. The second-order valence-electron chi connectivity index (χ2n) is 18.0. The Hall–Kier alpha value is -6.15. The van der Waals surface area contributed by atoms with E-state index < -0.39 is 58.6 Å². The Morgan fingerprint density at radius 2 is 1.42 bits per heavy atom. The highest BCUT2D eigenvalue weighted by Crippen LogP contribution is 2.66. The minimum atomic E-state index is -2.39. The van der Waals surface area contributed by atoms with Crippen LogP contribution in [-0.2, 0) is 41.7 Å². The molecule has 5 heterocycles. The molecule has 11 rings (SSSR count). The Morgan fingerprint density at radius 1 is 0.768 bits per heavy atom. The normalized spacial score (nSPS) is 22.8. The van der Waals surface area contributed by atoms with Crippen LogP contribution >= 0.6 is 55.4 Å². The first kappa shape index (κ1) is 45.3. The summed E-state index contributed by atoms with van der Waals surface area (Å²) in [6.45, 7) is 2.10. The van der Waals surface area contributed by atoms with Gasteiger partial charge in [0.05, 0.1) is 22.5 Å². The highest BCUT2D eigenvalue weighted by Gasteiger charge is 2.83. The monoisotopic (exact) mass is 1090 g/mol. The summed E-state index contributed by atoms with van der Waals surface area (Å²) < 4.78 is 26.5. The molecule has 1 amide bonds. The van der Waals surface area contributed by atoms with Crippen LogP contribution in [-0.4, -0.2) is 67.6 Å². The summed E-state index contributed by atoms with van der Waals surface area (Å²) in [6.07, 6.45) is -1.10. The van der Waals surface area contributed by atoms with Crippen LogP contribution in [0.2, 0.25) is 0 Å². The van der Waals surface area contributed by atoms with Crippen LogP contribution in [0.3, 0.4) is 0 Å². The van der Waals surface area contributed by atoms with E-state index in [2.05, 4.69) is 47.8 Å². The number of aryl methyl sites for hydroxylation is 1. The third-order valence-electron chi connectivity index (χ3n) is 13.5. The highest BCUT2D eigenvalue weighted by atomic mass is 79.9. The van der Waals surface area contributed by atoms with Crippen molar-refractivity contribution in [2.75, 3.05) is 48.6 Å². The van der Waals surface area contributed by atoms with Crippen LogP contribution in [0.5, 0.6) is 11.5 Å². The number of thiocarbonyl (C=S) groups is 1. The van der Waals surface area contributed by atoms with E-state index in [-0.39, 0.29) is 10.4 Å². The number of esters is 2. The smallest absolute Gasteiger partial charge is 0.340 e. The number of nitrogens with zero attached hydrogens (tertiary/aromatic N) is 2. The molecule has 3 unspecified atom stereocenters. The van der Waals surface area contributed by atoms with E-state index in [1.165, 1.54) is 0 Å². The molecule has 5 atom stereocenters. The van der Waals surface area contributed by atoms with Gasteiger partial charge in [-0.05, 0) is 129 Å². The van der Waals surface area contributed by atoms with Crippen molar-refractivity contribution in [1.82, 2.24) is 5.32 Å². The topological polar surface area (TPSA) is 168 Å². The summed E-state index contributed by atoms with van der Waals surface area (Å²) in [5.74, 6) is -6.48. The SMILES string of the molecule is Cc1cc2c(s1)C1(O)OC(=O)C3[C@H](C(=O)Nc4ccc(CNC(=S)Nc5ccc6c(c5)C(=O)OC65c6ccc(N(C)C)cc6Oc6cc(N(C)C)ccc65)cc4)[C@H](c4ccc(Br)c(Br)c4)OC31C2=O. The largest absolute Gasteiger partial charge is 0.456 e. The van der Waals surface area contributed by atoms with E-state index in [1.54, 1.807) is 49.4 Å². The van der Waals surface area contributed by atoms with Gasteiger partial charge in [-0.3, -0.25) is 14.4 Å². The van der Waals surface area contributed by atoms with Gasteiger partial charge in [0, 0.05) is 106 Å². The molecule has 4 aliphatic heterocycles. The summed E-state index contributed by atoms with van der Waals surface area (Å²) >= 11 is 13.8. The van der Waals surface area contributed by atoms with Crippen molar-refractivity contribution >= 4 is 107 Å². The lowest BCUT2D eigenvalue weighted by Crippen LogP contribution is -2.53. The lowest BCUT2D eigenvalue weighted by atomic mass is 9.75. The first-order valence-electron chi connectivity index (χ1n) is 21.8. The van der Waals surface area contributed by atoms with Crippen molar-refractivity contribution in [2.24, 2.45) is 11.8 Å². The molecule has 0 bridgehead atoms. The first-order valence-corrected chi connectivity index (χ1v) is 24.6. The summed E-state index contributed by atoms with van der Waals surface area (Å²) in [7, 11) is 7.82. The molecular weight excluding hydrogens is 1050 g/mol. The molecule has 0 saturated carbocycles. The van der Waals surface area contributed by atoms with Crippen molar-refractivity contribution in [3.05, 3.63) is 161 Å². The molecule has 5 aromatic carbocycles. The van der Waals surface area contributed by atoms with Gasteiger partial charge in [-0.25, -0.2) is 4.79 Å². The standard InChI is InChI=1S/C51H41Br2N5O9S2/c1-24-18-32-43(59)50-41(47(62)67-51(50,63)44(32)69-24)40(42(65-50)26-8-17-36(52)37(53)19-26)45(60)55-27-9-6-25(7-10-27)23-54-48(68)56-28-11-14-33-31(20-28)46(61)66-49(33)34-15-12-29(57(2)3)21-38(34)64-39-22-30(58(4)5)13-16-35(39)49/h6-22,40-42,63H,23H2,1-5H3,(H,55,60)(H2,54,56,68)/t40-,41?,42-,50?,51?/m0/s1. The average Bonchev–Trinajstić information content (AvgIpc) is 4.07. The number of ketones is 1. The van der Waals surface area contributed by atoms with Crippen LogP contribution in [0.1, 0.15) is 64.4 Å². The van der Waals surface area contributed by atoms with Gasteiger partial charge in [0.1, 0.15) is 17.4 Å². The summed E-state index contributed by atoms with van der Waals surface area (Å²) in [4.78, 5) is 61.3. The van der Waals surface area contributed by atoms with E-state index in [1.807, 2.05) is 98.7 Å². The Kier molecular flexibility index (Phi) is 10.6. The number of rotatable bonds is 8. The number of halogens is 2. The second kappa shape index (κ2) is 16.2. The number of Topliss-reactive ketones (excluding diaryl/α,β-unsaturated/α-hetero) is 1. The zero-order valence-electron chi connectivity index (χ0n) is 37.4. The maximum absolute atomic E-state index is 14.4. The molecule has 350 valence electrons. The third-order valence-corrected chi connectivity index (χ3v) is 16.8. The molecule has 69 heavy (non-hydrogen) atoms.